The van der Waals surface area contributed by atoms with Gasteiger partial charge >= 0.3 is 0 Å². The molecule has 0 saturated heterocycles. The number of benzene rings is 10. The number of para-hydroxylation sites is 2. The van der Waals surface area contributed by atoms with Crippen molar-refractivity contribution in [1.29, 1.82) is 0 Å². The lowest BCUT2D eigenvalue weighted by molar-refractivity contribution is 0.670. The molecule has 0 aliphatic carbocycles. The standard InChI is InChI=1S/C54H35NO/c1-3-17-44-36(12-1)14-10-22-45(44)39-15-9-16-43(34-39)55(41-30-26-37(27-31-41)47-23-11-24-51-50-21-7-8-25-53(50)56-54(47)51)42-32-28-38(29-33-42)52-35-40-13-2-4-18-46(40)48-19-5-6-20-49(48)52/h1-35H. The molecule has 1 heterocycles. The normalized spacial score (nSPS) is 11.6. The minimum atomic E-state index is 0.906. The van der Waals surface area contributed by atoms with Gasteiger partial charge in [-0.05, 0) is 109 Å². The van der Waals surface area contributed by atoms with E-state index in [1.165, 1.54) is 54.6 Å². The van der Waals surface area contributed by atoms with E-state index in [1.54, 1.807) is 0 Å². The lowest BCUT2D eigenvalue weighted by Gasteiger charge is -2.26. The van der Waals surface area contributed by atoms with Gasteiger partial charge in [0.05, 0.1) is 0 Å². The molecule has 0 amide bonds. The van der Waals surface area contributed by atoms with Crippen molar-refractivity contribution in [2.75, 3.05) is 4.90 Å². The first-order valence-electron chi connectivity index (χ1n) is 19.2. The van der Waals surface area contributed by atoms with Crippen LogP contribution in [0, 0.1) is 0 Å². The highest BCUT2D eigenvalue weighted by Crippen LogP contribution is 2.42. The Morgan fingerprint density at radius 1 is 0.286 bits per heavy atom. The number of nitrogens with zero attached hydrogens (tertiary/aromatic N) is 1. The van der Waals surface area contributed by atoms with Crippen molar-refractivity contribution < 1.29 is 4.42 Å². The van der Waals surface area contributed by atoms with Gasteiger partial charge in [-0.25, -0.2) is 0 Å². The molecule has 0 aliphatic heterocycles. The van der Waals surface area contributed by atoms with Gasteiger partial charge < -0.3 is 9.32 Å². The summed E-state index contributed by atoms with van der Waals surface area (Å²) in [5, 5.41) is 9.81. The van der Waals surface area contributed by atoms with E-state index in [4.69, 9.17) is 4.42 Å². The molecule has 262 valence electrons. The minimum Gasteiger partial charge on any atom is -0.455 e. The van der Waals surface area contributed by atoms with Crippen LogP contribution in [-0.4, -0.2) is 0 Å². The highest BCUT2D eigenvalue weighted by molar-refractivity contribution is 6.14. The second kappa shape index (κ2) is 13.2. The number of hydrogen-bond donors (Lipinski definition) is 0. The predicted octanol–water partition coefficient (Wildman–Crippen LogP) is 15.5. The molecule has 10 aromatic carbocycles. The van der Waals surface area contributed by atoms with Gasteiger partial charge in [0.2, 0.25) is 0 Å². The zero-order valence-corrected chi connectivity index (χ0v) is 30.6. The van der Waals surface area contributed by atoms with Crippen LogP contribution in [0.2, 0.25) is 0 Å². The Morgan fingerprint density at radius 2 is 0.839 bits per heavy atom. The van der Waals surface area contributed by atoms with Gasteiger partial charge in [-0.1, -0.05) is 164 Å². The van der Waals surface area contributed by atoms with Crippen molar-refractivity contribution in [3.63, 3.8) is 0 Å². The molecular weight excluding hydrogens is 679 g/mol. The third kappa shape index (κ3) is 5.34. The van der Waals surface area contributed by atoms with E-state index in [2.05, 4.69) is 205 Å². The van der Waals surface area contributed by atoms with E-state index in [0.717, 1.165) is 50.1 Å². The lowest BCUT2D eigenvalue weighted by Crippen LogP contribution is -2.10. The Balaban J connectivity index is 1.04. The maximum Gasteiger partial charge on any atom is 0.143 e. The van der Waals surface area contributed by atoms with Crippen LogP contribution in [0.5, 0.6) is 0 Å². The summed E-state index contributed by atoms with van der Waals surface area (Å²) in [5.74, 6) is 0. The van der Waals surface area contributed by atoms with Crippen LogP contribution >= 0.6 is 0 Å². The van der Waals surface area contributed by atoms with Gasteiger partial charge in [0.25, 0.3) is 0 Å². The number of anilines is 3. The van der Waals surface area contributed by atoms with E-state index in [9.17, 15) is 0 Å². The molecule has 0 fully saturated rings. The quantitative estimate of drug-likeness (QED) is 0.160. The molecule has 56 heavy (non-hydrogen) atoms. The number of fused-ring (bicyclic) bond motifs is 7. The average Bonchev–Trinajstić information content (AvgIpc) is 3.66. The smallest absolute Gasteiger partial charge is 0.143 e. The molecule has 0 unspecified atom stereocenters. The molecule has 0 bridgehead atoms. The Kier molecular flexibility index (Phi) is 7.53. The van der Waals surface area contributed by atoms with Crippen molar-refractivity contribution in [2.45, 2.75) is 0 Å². The molecule has 0 aliphatic rings. The van der Waals surface area contributed by atoms with E-state index in [0.29, 0.717) is 0 Å². The molecule has 11 aromatic rings. The zero-order valence-electron chi connectivity index (χ0n) is 30.6. The maximum absolute atomic E-state index is 6.43. The van der Waals surface area contributed by atoms with Crippen molar-refractivity contribution >= 4 is 71.3 Å². The summed E-state index contributed by atoms with van der Waals surface area (Å²) in [6.45, 7) is 0. The van der Waals surface area contributed by atoms with Crippen LogP contribution in [-0.2, 0) is 0 Å². The van der Waals surface area contributed by atoms with Gasteiger partial charge in [-0.3, -0.25) is 0 Å². The van der Waals surface area contributed by atoms with Gasteiger partial charge in [0, 0.05) is 33.4 Å². The van der Waals surface area contributed by atoms with Crippen LogP contribution in [0.4, 0.5) is 17.1 Å². The first-order valence-corrected chi connectivity index (χ1v) is 19.2. The topological polar surface area (TPSA) is 16.4 Å². The maximum atomic E-state index is 6.43. The fourth-order valence-corrected chi connectivity index (χ4v) is 8.58. The molecule has 1 aromatic heterocycles. The average molecular weight is 714 g/mol. The first kappa shape index (κ1) is 32.0. The molecule has 0 spiro atoms. The largest absolute Gasteiger partial charge is 0.455 e. The van der Waals surface area contributed by atoms with Crippen LogP contribution in [0.3, 0.4) is 0 Å². The first-order chi connectivity index (χ1) is 27.8. The van der Waals surface area contributed by atoms with Gasteiger partial charge in [0.15, 0.2) is 0 Å². The Bertz CT molecular complexity index is 3240. The summed E-state index contributed by atoms with van der Waals surface area (Å²) < 4.78 is 6.43. The summed E-state index contributed by atoms with van der Waals surface area (Å²) in [6.07, 6.45) is 0. The molecule has 2 nitrogen and oxygen atoms in total. The summed E-state index contributed by atoms with van der Waals surface area (Å²) in [7, 11) is 0. The number of rotatable bonds is 6. The highest BCUT2D eigenvalue weighted by atomic mass is 16.3. The SMILES string of the molecule is c1cc(-c2cccc3ccccc23)cc(N(c2ccc(-c3cc4ccccc4c4ccccc34)cc2)c2ccc(-c3cccc4c3oc3ccccc34)cc2)c1. The van der Waals surface area contributed by atoms with E-state index < -0.39 is 0 Å². The van der Waals surface area contributed by atoms with Gasteiger partial charge in [-0.2, -0.15) is 0 Å². The van der Waals surface area contributed by atoms with E-state index >= 15 is 0 Å². The molecular formula is C54H35NO. The Morgan fingerprint density at radius 3 is 1.62 bits per heavy atom. The minimum absolute atomic E-state index is 0.906. The fraction of sp³-hybridized carbons (Fsp3) is 0. The van der Waals surface area contributed by atoms with Crippen molar-refractivity contribution in [3.05, 3.63) is 212 Å². The third-order valence-corrected chi connectivity index (χ3v) is 11.3. The van der Waals surface area contributed by atoms with Crippen LogP contribution in [0.1, 0.15) is 0 Å². The molecule has 0 radical (unpaired) electrons. The van der Waals surface area contributed by atoms with E-state index in [-0.39, 0.29) is 0 Å². The molecule has 2 heteroatoms. The van der Waals surface area contributed by atoms with Crippen molar-refractivity contribution in [1.82, 2.24) is 0 Å². The number of hydrogen-bond acceptors (Lipinski definition) is 2. The third-order valence-electron chi connectivity index (χ3n) is 11.3. The zero-order chi connectivity index (χ0) is 37.0. The lowest BCUT2D eigenvalue weighted by atomic mass is 9.93. The summed E-state index contributed by atoms with van der Waals surface area (Å²) in [4.78, 5) is 2.36. The second-order valence-corrected chi connectivity index (χ2v) is 14.5. The highest BCUT2D eigenvalue weighted by Gasteiger charge is 2.17. The predicted molar refractivity (Wildman–Crippen MR) is 237 cm³/mol. The van der Waals surface area contributed by atoms with Crippen molar-refractivity contribution in [2.24, 2.45) is 0 Å². The van der Waals surface area contributed by atoms with Gasteiger partial charge in [-0.15, -0.1) is 0 Å². The van der Waals surface area contributed by atoms with E-state index in [1.807, 2.05) is 12.1 Å². The Labute approximate surface area is 325 Å². The fourth-order valence-electron chi connectivity index (χ4n) is 8.58. The Hall–Kier alpha value is -7.42. The summed E-state index contributed by atoms with van der Waals surface area (Å²) in [5.41, 5.74) is 12.1. The molecule has 0 saturated carbocycles. The van der Waals surface area contributed by atoms with Crippen LogP contribution < -0.4 is 4.90 Å². The molecule has 0 atom stereocenters. The monoisotopic (exact) mass is 713 g/mol. The molecule has 11 rings (SSSR count). The van der Waals surface area contributed by atoms with Crippen LogP contribution in [0.25, 0.3) is 87.6 Å². The van der Waals surface area contributed by atoms with Crippen molar-refractivity contribution in [3.8, 4) is 33.4 Å². The van der Waals surface area contributed by atoms with Gasteiger partial charge in [0.1, 0.15) is 11.2 Å². The molecule has 0 N–H and O–H groups in total. The second-order valence-electron chi connectivity index (χ2n) is 14.5. The van der Waals surface area contributed by atoms with Crippen LogP contribution in [0.15, 0.2) is 217 Å². The number of furan rings is 1. The summed E-state index contributed by atoms with van der Waals surface area (Å²) >= 11 is 0. The summed E-state index contributed by atoms with van der Waals surface area (Å²) in [6, 6.07) is 76.5.